The molecule has 1 aromatic heterocycles. The van der Waals surface area contributed by atoms with Crippen molar-refractivity contribution in [3.8, 4) is 0 Å². The molecule has 0 spiro atoms. The van der Waals surface area contributed by atoms with E-state index >= 15 is 0 Å². The van der Waals surface area contributed by atoms with Crippen LogP contribution < -0.4 is 0 Å². The third kappa shape index (κ3) is 1.45. The van der Waals surface area contributed by atoms with Gasteiger partial charge in [0.15, 0.2) is 0 Å². The smallest absolute Gasteiger partial charge is 0.0710 e. The maximum absolute atomic E-state index is 5.94. The SMILES string of the molecule is Clc1ccc2nc3ccccc3cc2c1. The highest BCUT2D eigenvalue weighted by molar-refractivity contribution is 6.31. The van der Waals surface area contributed by atoms with Crippen molar-refractivity contribution in [1.82, 2.24) is 4.98 Å². The second-order valence-electron chi connectivity index (χ2n) is 3.52. The Morgan fingerprint density at radius 1 is 0.800 bits per heavy atom. The first-order valence-electron chi connectivity index (χ1n) is 4.78. The van der Waals surface area contributed by atoms with Crippen molar-refractivity contribution >= 4 is 33.4 Å². The number of pyridine rings is 1. The minimum absolute atomic E-state index is 0.750. The van der Waals surface area contributed by atoms with Crippen LogP contribution >= 0.6 is 11.6 Å². The third-order valence-corrected chi connectivity index (χ3v) is 2.71. The second kappa shape index (κ2) is 3.21. The Labute approximate surface area is 92.3 Å². The van der Waals surface area contributed by atoms with Gasteiger partial charge in [-0.1, -0.05) is 29.8 Å². The number of aromatic nitrogens is 1. The van der Waals surface area contributed by atoms with Crippen molar-refractivity contribution in [2.45, 2.75) is 0 Å². The number of hydrogen-bond acceptors (Lipinski definition) is 1. The summed E-state index contributed by atoms with van der Waals surface area (Å²) in [4.78, 5) is 4.56. The average molecular weight is 214 g/mol. The summed E-state index contributed by atoms with van der Waals surface area (Å²) in [6.45, 7) is 0. The highest BCUT2D eigenvalue weighted by atomic mass is 35.5. The fourth-order valence-electron chi connectivity index (χ4n) is 1.75. The van der Waals surface area contributed by atoms with E-state index in [1.807, 2.05) is 36.4 Å². The normalized spacial score (nSPS) is 11.0. The molecule has 0 aliphatic rings. The molecule has 0 bridgehead atoms. The van der Waals surface area contributed by atoms with Crippen LogP contribution in [0.1, 0.15) is 0 Å². The summed E-state index contributed by atoms with van der Waals surface area (Å²) < 4.78 is 0. The van der Waals surface area contributed by atoms with Crippen molar-refractivity contribution in [3.63, 3.8) is 0 Å². The van der Waals surface area contributed by atoms with Crippen LogP contribution in [0, 0.1) is 0 Å². The molecule has 0 unspecified atom stereocenters. The molecule has 2 aromatic carbocycles. The van der Waals surface area contributed by atoms with E-state index in [0.29, 0.717) is 0 Å². The number of fused-ring (bicyclic) bond motifs is 2. The maximum Gasteiger partial charge on any atom is 0.0710 e. The van der Waals surface area contributed by atoms with Crippen LogP contribution in [0.3, 0.4) is 0 Å². The molecule has 1 nitrogen and oxygen atoms in total. The van der Waals surface area contributed by atoms with E-state index in [0.717, 1.165) is 26.8 Å². The molecular formula is C13H8ClN. The van der Waals surface area contributed by atoms with Crippen molar-refractivity contribution in [2.24, 2.45) is 0 Å². The predicted molar refractivity (Wildman–Crippen MR) is 64.3 cm³/mol. The van der Waals surface area contributed by atoms with Crippen LogP contribution in [-0.4, -0.2) is 4.98 Å². The van der Waals surface area contributed by atoms with E-state index in [9.17, 15) is 0 Å². The first kappa shape index (κ1) is 8.69. The van der Waals surface area contributed by atoms with Crippen LogP contribution in [0.2, 0.25) is 5.02 Å². The monoisotopic (exact) mass is 213 g/mol. The topological polar surface area (TPSA) is 12.9 Å². The zero-order valence-corrected chi connectivity index (χ0v) is 8.70. The summed E-state index contributed by atoms with van der Waals surface area (Å²) in [6, 6.07) is 16.0. The number of rotatable bonds is 0. The third-order valence-electron chi connectivity index (χ3n) is 2.48. The lowest BCUT2D eigenvalue weighted by Crippen LogP contribution is -1.81. The fraction of sp³-hybridized carbons (Fsp3) is 0. The van der Waals surface area contributed by atoms with E-state index in [4.69, 9.17) is 11.6 Å². The lowest BCUT2D eigenvalue weighted by atomic mass is 10.1. The molecule has 1 heterocycles. The zero-order chi connectivity index (χ0) is 10.3. The molecule has 0 fully saturated rings. The van der Waals surface area contributed by atoms with Gasteiger partial charge in [-0.25, -0.2) is 4.98 Å². The summed E-state index contributed by atoms with van der Waals surface area (Å²) in [6.07, 6.45) is 0. The van der Waals surface area contributed by atoms with Gasteiger partial charge < -0.3 is 0 Å². The van der Waals surface area contributed by atoms with Gasteiger partial charge in [0, 0.05) is 15.8 Å². The molecule has 15 heavy (non-hydrogen) atoms. The molecule has 3 aromatic rings. The Morgan fingerprint density at radius 2 is 1.60 bits per heavy atom. The Morgan fingerprint density at radius 3 is 2.53 bits per heavy atom. The minimum Gasteiger partial charge on any atom is -0.248 e. The molecule has 0 saturated heterocycles. The number of hydrogen-bond donors (Lipinski definition) is 0. The predicted octanol–water partition coefficient (Wildman–Crippen LogP) is 4.04. The first-order chi connectivity index (χ1) is 7.33. The molecular weight excluding hydrogens is 206 g/mol. The molecule has 0 amide bonds. The number of nitrogens with zero attached hydrogens (tertiary/aromatic N) is 1. The summed E-state index contributed by atoms with van der Waals surface area (Å²) in [5.41, 5.74) is 2.01. The van der Waals surface area contributed by atoms with Crippen LogP contribution in [0.4, 0.5) is 0 Å². The molecule has 0 radical (unpaired) electrons. The number of para-hydroxylation sites is 1. The molecule has 0 aliphatic heterocycles. The molecule has 2 heteroatoms. The van der Waals surface area contributed by atoms with Gasteiger partial charge in [0.05, 0.1) is 11.0 Å². The van der Waals surface area contributed by atoms with E-state index in [1.54, 1.807) is 0 Å². The molecule has 0 saturated carbocycles. The molecule has 3 rings (SSSR count). The Balaban J connectivity index is 2.47. The van der Waals surface area contributed by atoms with E-state index in [2.05, 4.69) is 17.1 Å². The van der Waals surface area contributed by atoms with Crippen LogP contribution in [-0.2, 0) is 0 Å². The quantitative estimate of drug-likeness (QED) is 0.514. The Bertz CT molecular complexity index is 646. The lowest BCUT2D eigenvalue weighted by Gasteiger charge is -2.01. The number of benzene rings is 2. The molecule has 0 N–H and O–H groups in total. The minimum atomic E-state index is 0.750. The molecule has 0 atom stereocenters. The second-order valence-corrected chi connectivity index (χ2v) is 3.95. The van der Waals surface area contributed by atoms with Gasteiger partial charge >= 0.3 is 0 Å². The fourth-order valence-corrected chi connectivity index (χ4v) is 1.93. The van der Waals surface area contributed by atoms with Gasteiger partial charge in [0.25, 0.3) is 0 Å². The van der Waals surface area contributed by atoms with Crippen molar-refractivity contribution < 1.29 is 0 Å². The van der Waals surface area contributed by atoms with E-state index < -0.39 is 0 Å². The summed E-state index contributed by atoms with van der Waals surface area (Å²) in [7, 11) is 0. The van der Waals surface area contributed by atoms with Gasteiger partial charge in [0.2, 0.25) is 0 Å². The highest BCUT2D eigenvalue weighted by Crippen LogP contribution is 2.22. The molecule has 72 valence electrons. The largest absolute Gasteiger partial charge is 0.248 e. The van der Waals surface area contributed by atoms with Gasteiger partial charge in [-0.2, -0.15) is 0 Å². The van der Waals surface area contributed by atoms with E-state index in [1.165, 1.54) is 0 Å². The van der Waals surface area contributed by atoms with Crippen molar-refractivity contribution in [1.29, 1.82) is 0 Å². The zero-order valence-electron chi connectivity index (χ0n) is 7.94. The standard InChI is InChI=1S/C13H8ClN/c14-11-5-6-13-10(8-11)7-9-3-1-2-4-12(9)15-13/h1-8H. The lowest BCUT2D eigenvalue weighted by molar-refractivity contribution is 1.50. The Hall–Kier alpha value is -1.60. The first-order valence-corrected chi connectivity index (χ1v) is 5.16. The van der Waals surface area contributed by atoms with Crippen LogP contribution in [0.15, 0.2) is 48.5 Å². The molecule has 0 aliphatic carbocycles. The average Bonchev–Trinajstić information content (AvgIpc) is 2.26. The van der Waals surface area contributed by atoms with Crippen LogP contribution in [0.5, 0.6) is 0 Å². The maximum atomic E-state index is 5.94. The Kier molecular flexibility index (Phi) is 1.86. The summed E-state index contributed by atoms with van der Waals surface area (Å²) in [5.74, 6) is 0. The van der Waals surface area contributed by atoms with Crippen molar-refractivity contribution in [2.75, 3.05) is 0 Å². The highest BCUT2D eigenvalue weighted by Gasteiger charge is 1.99. The van der Waals surface area contributed by atoms with Gasteiger partial charge in [-0.3, -0.25) is 0 Å². The summed E-state index contributed by atoms with van der Waals surface area (Å²) in [5, 5.41) is 2.98. The van der Waals surface area contributed by atoms with Gasteiger partial charge in [-0.05, 0) is 30.3 Å². The number of halogens is 1. The van der Waals surface area contributed by atoms with Crippen molar-refractivity contribution in [3.05, 3.63) is 53.6 Å². The van der Waals surface area contributed by atoms with Gasteiger partial charge in [0.1, 0.15) is 0 Å². The van der Waals surface area contributed by atoms with E-state index in [-0.39, 0.29) is 0 Å². The van der Waals surface area contributed by atoms with Crippen LogP contribution in [0.25, 0.3) is 21.8 Å². The summed E-state index contributed by atoms with van der Waals surface area (Å²) >= 11 is 5.94. The van der Waals surface area contributed by atoms with Gasteiger partial charge in [-0.15, -0.1) is 0 Å².